The van der Waals surface area contributed by atoms with Gasteiger partial charge >= 0.3 is 0 Å². The Morgan fingerprint density at radius 1 is 0.343 bits per heavy atom. The van der Waals surface area contributed by atoms with Gasteiger partial charge in [-0.3, -0.25) is 0 Å². The van der Waals surface area contributed by atoms with Gasteiger partial charge in [0.2, 0.25) is 0 Å². The van der Waals surface area contributed by atoms with Crippen molar-refractivity contribution in [2.24, 2.45) is 0 Å². The Morgan fingerprint density at radius 3 is 1.36 bits per heavy atom. The van der Waals surface area contributed by atoms with Crippen molar-refractivity contribution in [1.82, 2.24) is 9.13 Å². The largest absolute Gasteiger partial charge is 0.490 e. The highest BCUT2D eigenvalue weighted by atomic mass is 16.5. The van der Waals surface area contributed by atoms with Gasteiger partial charge in [-0.25, -0.2) is 0 Å². The van der Waals surface area contributed by atoms with Crippen molar-refractivity contribution < 1.29 is 9.15 Å². The zero-order valence-electron chi connectivity index (χ0n) is 39.7. The second kappa shape index (κ2) is 16.6. The first kappa shape index (κ1) is 41.6. The van der Waals surface area contributed by atoms with Gasteiger partial charge in [-0.1, -0.05) is 141 Å². The minimum Gasteiger partial charge on any atom is -0.490 e. The van der Waals surface area contributed by atoms with Gasteiger partial charge in [0, 0.05) is 54.8 Å². The van der Waals surface area contributed by atoms with Crippen LogP contribution in [0.4, 0.5) is 0 Å². The molecule has 0 bridgehead atoms. The van der Waals surface area contributed by atoms with Crippen LogP contribution in [0.25, 0.3) is 121 Å². The molecule has 4 heteroatoms. The highest BCUT2D eigenvalue weighted by molar-refractivity contribution is 6.12. The molecule has 0 saturated carbocycles. The van der Waals surface area contributed by atoms with Crippen LogP contribution in [-0.2, 0) is 0 Å². The molecule has 70 heavy (non-hydrogen) atoms. The van der Waals surface area contributed by atoms with E-state index in [0.29, 0.717) is 5.92 Å². The van der Waals surface area contributed by atoms with Gasteiger partial charge in [-0.05, 0) is 150 Å². The molecule has 0 aliphatic carbocycles. The van der Waals surface area contributed by atoms with Gasteiger partial charge < -0.3 is 18.3 Å². The highest BCUT2D eigenvalue weighted by Crippen LogP contribution is 2.44. The lowest BCUT2D eigenvalue weighted by Gasteiger charge is -2.22. The molecule has 4 nitrogen and oxygen atoms in total. The van der Waals surface area contributed by atoms with E-state index in [1.165, 1.54) is 43.7 Å². The van der Waals surface area contributed by atoms with E-state index in [-0.39, 0.29) is 6.10 Å². The number of ether oxygens (including phenoxy) is 1. The minimum absolute atomic E-state index is 0.0229. The minimum atomic E-state index is 0.0229. The van der Waals surface area contributed by atoms with Crippen LogP contribution in [0.15, 0.2) is 223 Å². The van der Waals surface area contributed by atoms with Gasteiger partial charge in [-0.2, -0.15) is 0 Å². The number of benzene rings is 10. The molecule has 10 aromatic carbocycles. The fraction of sp³-hybridized carbons (Fsp3) is 0.0909. The van der Waals surface area contributed by atoms with E-state index in [1.807, 2.05) is 0 Å². The Bertz CT molecular complexity index is 4090. The molecule has 13 aromatic rings. The number of nitrogens with zero attached hydrogens (tertiary/aromatic N) is 2. The third-order valence-corrected chi connectivity index (χ3v) is 14.1. The van der Waals surface area contributed by atoms with Crippen molar-refractivity contribution in [1.29, 1.82) is 0 Å². The molecule has 3 aromatic heterocycles. The number of furan rings is 1. The molecule has 0 unspecified atom stereocenters. The topological polar surface area (TPSA) is 32.2 Å². The van der Waals surface area contributed by atoms with Crippen LogP contribution in [-0.4, -0.2) is 15.2 Å². The number of rotatable bonds is 9. The van der Waals surface area contributed by atoms with Gasteiger partial charge in [0.25, 0.3) is 0 Å². The average Bonchev–Trinajstić information content (AvgIpc) is 4.06. The lowest BCUT2D eigenvalue weighted by molar-refractivity contribution is 0.244. The van der Waals surface area contributed by atoms with Crippen molar-refractivity contribution in [3.63, 3.8) is 0 Å². The Hall–Kier alpha value is -8.60. The van der Waals surface area contributed by atoms with Gasteiger partial charge in [0.05, 0.1) is 28.2 Å². The number of hydrogen-bond donors (Lipinski definition) is 0. The van der Waals surface area contributed by atoms with E-state index >= 15 is 0 Å². The molecule has 336 valence electrons. The summed E-state index contributed by atoms with van der Waals surface area (Å²) in [5, 5.41) is 7.16. The standard InChI is InChI=1S/C66H50N2O2/c1-41(2)49-39-55(43-15-6-5-7-16-43)66(69-42(3)4)56(40-49)44-25-30-50(31-26-44)67-62-24-13-10-21-54(62)57-36-46(27-32-63(57)67)48-29-34-65-59(38-48)58-37-47(28-33-64(58)70-65)45-17-14-18-51(35-45)68-60-22-11-8-19-52(60)53-20-9-12-23-61(53)68/h5-42H,1-4H3. The van der Waals surface area contributed by atoms with E-state index in [0.717, 1.165) is 89.1 Å². The molecule has 3 heterocycles. The summed E-state index contributed by atoms with van der Waals surface area (Å²) < 4.78 is 17.9. The number of hydrogen-bond acceptors (Lipinski definition) is 2. The number of aromatic nitrogens is 2. The normalized spacial score (nSPS) is 12.0. The summed E-state index contributed by atoms with van der Waals surface area (Å²) >= 11 is 0. The van der Waals surface area contributed by atoms with E-state index < -0.39 is 0 Å². The lowest BCUT2D eigenvalue weighted by Crippen LogP contribution is -2.08. The Balaban J connectivity index is 0.874. The molecule has 0 radical (unpaired) electrons. The van der Waals surface area contributed by atoms with Crippen LogP contribution in [0, 0.1) is 0 Å². The van der Waals surface area contributed by atoms with Crippen molar-refractivity contribution in [3.05, 3.63) is 224 Å². The van der Waals surface area contributed by atoms with Crippen LogP contribution in [0.3, 0.4) is 0 Å². The predicted molar refractivity (Wildman–Crippen MR) is 294 cm³/mol. The molecular weight excluding hydrogens is 853 g/mol. The van der Waals surface area contributed by atoms with E-state index in [1.54, 1.807) is 0 Å². The maximum Gasteiger partial charge on any atom is 0.135 e. The summed E-state index contributed by atoms with van der Waals surface area (Å²) in [6.45, 7) is 8.73. The summed E-state index contributed by atoms with van der Waals surface area (Å²) in [5.74, 6) is 1.28. The molecule has 13 rings (SSSR count). The zero-order chi connectivity index (χ0) is 47.0. The predicted octanol–water partition coefficient (Wildman–Crippen LogP) is 18.4. The molecule has 0 spiro atoms. The first-order valence-electron chi connectivity index (χ1n) is 24.4. The van der Waals surface area contributed by atoms with E-state index in [4.69, 9.17) is 9.15 Å². The lowest BCUT2D eigenvalue weighted by atomic mass is 9.90. The maximum absolute atomic E-state index is 6.68. The third-order valence-electron chi connectivity index (χ3n) is 14.1. The Labute approximate surface area is 407 Å². The second-order valence-electron chi connectivity index (χ2n) is 19.2. The third kappa shape index (κ3) is 6.90. The molecule has 0 amide bonds. The van der Waals surface area contributed by atoms with Crippen molar-refractivity contribution >= 4 is 65.6 Å². The van der Waals surface area contributed by atoms with Crippen molar-refractivity contribution in [2.45, 2.75) is 39.7 Å². The summed E-state index contributed by atoms with van der Waals surface area (Å²) in [6, 6.07) is 79.4. The zero-order valence-corrected chi connectivity index (χ0v) is 39.7. The molecule has 0 aliphatic heterocycles. The van der Waals surface area contributed by atoms with Crippen molar-refractivity contribution in [2.75, 3.05) is 0 Å². The van der Waals surface area contributed by atoms with Crippen molar-refractivity contribution in [3.8, 4) is 61.6 Å². The highest BCUT2D eigenvalue weighted by Gasteiger charge is 2.20. The van der Waals surface area contributed by atoms with Crippen LogP contribution >= 0.6 is 0 Å². The van der Waals surface area contributed by atoms with Crippen LogP contribution in [0.1, 0.15) is 39.2 Å². The van der Waals surface area contributed by atoms with Gasteiger partial charge in [-0.15, -0.1) is 0 Å². The second-order valence-corrected chi connectivity index (χ2v) is 19.2. The first-order chi connectivity index (χ1) is 34.3. The number of para-hydroxylation sites is 3. The average molecular weight is 903 g/mol. The summed E-state index contributed by atoms with van der Waals surface area (Å²) in [4.78, 5) is 0. The Morgan fingerprint density at radius 2 is 0.786 bits per heavy atom. The summed E-state index contributed by atoms with van der Waals surface area (Å²) in [7, 11) is 0. The smallest absolute Gasteiger partial charge is 0.135 e. The fourth-order valence-electron chi connectivity index (χ4n) is 10.8. The number of fused-ring (bicyclic) bond motifs is 9. The maximum atomic E-state index is 6.68. The Kier molecular flexibility index (Phi) is 9.84. The van der Waals surface area contributed by atoms with Crippen LogP contribution < -0.4 is 4.74 Å². The summed E-state index contributed by atoms with van der Waals surface area (Å²) in [5.41, 5.74) is 19.2. The monoisotopic (exact) mass is 902 g/mol. The summed E-state index contributed by atoms with van der Waals surface area (Å²) in [6.07, 6.45) is 0.0229. The first-order valence-corrected chi connectivity index (χ1v) is 24.4. The molecule has 0 saturated heterocycles. The van der Waals surface area contributed by atoms with Crippen LogP contribution in [0.2, 0.25) is 0 Å². The SMILES string of the molecule is CC(C)Oc1c(-c2ccccc2)cc(C(C)C)cc1-c1ccc(-n2c3ccccc3c3cc(-c4ccc5oc6ccc(-c7cccc(-n8c9ccccc9c9ccccc98)c7)cc6c5c4)ccc32)cc1. The fourth-order valence-corrected chi connectivity index (χ4v) is 10.8. The van der Waals surface area contributed by atoms with E-state index in [2.05, 4.69) is 255 Å². The quantitative estimate of drug-likeness (QED) is 0.145. The van der Waals surface area contributed by atoms with E-state index in [9.17, 15) is 0 Å². The van der Waals surface area contributed by atoms with Gasteiger partial charge in [0.15, 0.2) is 0 Å². The van der Waals surface area contributed by atoms with Crippen LogP contribution in [0.5, 0.6) is 5.75 Å². The molecule has 0 N–H and O–H groups in total. The molecular formula is C66H50N2O2. The molecule has 0 aliphatic rings. The molecule has 0 atom stereocenters. The van der Waals surface area contributed by atoms with Gasteiger partial charge in [0.1, 0.15) is 16.9 Å². The molecule has 0 fully saturated rings.